The Morgan fingerprint density at radius 2 is 2.43 bits per heavy atom. The lowest BCUT2D eigenvalue weighted by atomic mass is 10.1. The van der Waals surface area contributed by atoms with E-state index in [4.69, 9.17) is 0 Å². The highest BCUT2D eigenvalue weighted by atomic mass is 32.1. The predicted octanol–water partition coefficient (Wildman–Crippen LogP) is 1.43. The van der Waals surface area contributed by atoms with Crippen LogP contribution in [0.1, 0.15) is 12.5 Å². The highest BCUT2D eigenvalue weighted by Gasteiger charge is 2.13. The molecule has 0 aliphatic carbocycles. The van der Waals surface area contributed by atoms with E-state index in [1.54, 1.807) is 11.3 Å². The molecule has 0 fully saturated rings. The number of aromatic nitrogens is 2. The minimum absolute atomic E-state index is 0.0685. The van der Waals surface area contributed by atoms with Crippen LogP contribution in [0.2, 0.25) is 0 Å². The van der Waals surface area contributed by atoms with E-state index in [-0.39, 0.29) is 18.3 Å². The van der Waals surface area contributed by atoms with E-state index < -0.39 is 11.0 Å². The van der Waals surface area contributed by atoms with E-state index in [0.29, 0.717) is 6.54 Å². The minimum Gasteiger partial charge on any atom is -0.390 e. The van der Waals surface area contributed by atoms with Crippen molar-refractivity contribution in [1.82, 2.24) is 15.1 Å². The summed E-state index contributed by atoms with van der Waals surface area (Å²) in [6, 6.07) is 2.34. The molecule has 0 aliphatic rings. The third kappa shape index (κ3) is 4.92. The number of hydrogen-bond donors (Lipinski definition) is 2. The summed E-state index contributed by atoms with van der Waals surface area (Å²) in [5.41, 5.74) is 1.21. The highest BCUT2D eigenvalue weighted by Crippen LogP contribution is 2.09. The summed E-state index contributed by atoms with van der Waals surface area (Å²) < 4.78 is 1.38. The van der Waals surface area contributed by atoms with Crippen LogP contribution >= 0.6 is 11.3 Å². The Morgan fingerprint density at radius 3 is 3.05 bits per heavy atom. The Hall–Kier alpha value is -1.77. The zero-order valence-corrected chi connectivity index (χ0v) is 12.5. The van der Waals surface area contributed by atoms with Gasteiger partial charge in [0.2, 0.25) is 0 Å². The molecule has 2 atom stereocenters. The number of aliphatic hydroxyl groups excluding tert-OH is 1. The van der Waals surface area contributed by atoms with E-state index in [2.05, 4.69) is 28.8 Å². The molecule has 0 amide bonds. The maximum atomic E-state index is 10.5. The van der Waals surface area contributed by atoms with Crippen molar-refractivity contribution in [1.29, 1.82) is 0 Å². The predicted molar refractivity (Wildman–Crippen MR) is 80.4 cm³/mol. The molecule has 0 aromatic carbocycles. The monoisotopic (exact) mass is 310 g/mol. The first kappa shape index (κ1) is 15.6. The van der Waals surface area contributed by atoms with Gasteiger partial charge < -0.3 is 10.4 Å². The van der Waals surface area contributed by atoms with Crippen LogP contribution in [0.4, 0.5) is 5.69 Å². The van der Waals surface area contributed by atoms with E-state index in [0.717, 1.165) is 6.42 Å². The molecule has 0 aliphatic heterocycles. The molecule has 2 unspecified atom stereocenters. The maximum Gasteiger partial charge on any atom is 0.306 e. The van der Waals surface area contributed by atoms with E-state index >= 15 is 0 Å². The zero-order chi connectivity index (χ0) is 15.2. The van der Waals surface area contributed by atoms with Crippen LogP contribution in [0.3, 0.4) is 0 Å². The van der Waals surface area contributed by atoms with Crippen molar-refractivity contribution in [2.75, 3.05) is 6.54 Å². The van der Waals surface area contributed by atoms with Crippen LogP contribution in [-0.4, -0.2) is 38.5 Å². The van der Waals surface area contributed by atoms with Crippen LogP contribution in [0, 0.1) is 10.1 Å². The van der Waals surface area contributed by atoms with E-state index in [1.807, 2.05) is 5.38 Å². The second-order valence-corrected chi connectivity index (χ2v) is 5.76. The van der Waals surface area contributed by atoms with Gasteiger partial charge in [0.1, 0.15) is 12.4 Å². The molecule has 8 heteroatoms. The Balaban J connectivity index is 1.73. The molecule has 2 rings (SSSR count). The molecule has 2 N–H and O–H groups in total. The van der Waals surface area contributed by atoms with Crippen molar-refractivity contribution in [3.05, 3.63) is 44.9 Å². The third-order valence-electron chi connectivity index (χ3n) is 3.05. The number of nitro groups is 1. The highest BCUT2D eigenvalue weighted by molar-refractivity contribution is 7.07. The Morgan fingerprint density at radius 1 is 1.62 bits per heavy atom. The molecule has 0 saturated heterocycles. The van der Waals surface area contributed by atoms with Gasteiger partial charge in [-0.2, -0.15) is 16.4 Å². The zero-order valence-electron chi connectivity index (χ0n) is 11.7. The quantitative estimate of drug-likeness (QED) is 0.568. The van der Waals surface area contributed by atoms with Crippen LogP contribution in [0.15, 0.2) is 29.2 Å². The third-order valence-corrected chi connectivity index (χ3v) is 3.78. The first-order valence-corrected chi connectivity index (χ1v) is 7.58. The van der Waals surface area contributed by atoms with Crippen molar-refractivity contribution >= 4 is 17.0 Å². The normalized spacial score (nSPS) is 14.0. The molecule has 0 spiro atoms. The average Bonchev–Trinajstić information content (AvgIpc) is 3.08. The van der Waals surface area contributed by atoms with Gasteiger partial charge in [-0.25, -0.2) is 0 Å². The fourth-order valence-corrected chi connectivity index (χ4v) is 2.68. The Labute approximate surface area is 126 Å². The van der Waals surface area contributed by atoms with Gasteiger partial charge in [-0.1, -0.05) is 0 Å². The molecule has 2 aromatic heterocycles. The molecular weight excluding hydrogens is 292 g/mol. The van der Waals surface area contributed by atoms with Crippen molar-refractivity contribution in [3.63, 3.8) is 0 Å². The van der Waals surface area contributed by atoms with E-state index in [1.165, 1.54) is 22.6 Å². The van der Waals surface area contributed by atoms with Gasteiger partial charge in [0.05, 0.1) is 17.6 Å². The molecule has 0 radical (unpaired) electrons. The summed E-state index contributed by atoms with van der Waals surface area (Å²) in [5, 5.41) is 31.7. The van der Waals surface area contributed by atoms with Gasteiger partial charge in [0.15, 0.2) is 0 Å². The molecule has 0 bridgehead atoms. The molecule has 2 heterocycles. The summed E-state index contributed by atoms with van der Waals surface area (Å²) >= 11 is 1.67. The van der Waals surface area contributed by atoms with Crippen LogP contribution in [0.5, 0.6) is 0 Å². The topological polar surface area (TPSA) is 93.2 Å². The van der Waals surface area contributed by atoms with Crippen LogP contribution in [0.25, 0.3) is 0 Å². The average molecular weight is 310 g/mol. The maximum absolute atomic E-state index is 10.5. The number of nitrogens with one attached hydrogen (secondary N) is 1. The van der Waals surface area contributed by atoms with Gasteiger partial charge in [0.25, 0.3) is 0 Å². The first-order chi connectivity index (χ1) is 10.0. The molecule has 7 nitrogen and oxygen atoms in total. The summed E-state index contributed by atoms with van der Waals surface area (Å²) in [6.45, 7) is 2.70. The lowest BCUT2D eigenvalue weighted by molar-refractivity contribution is -0.385. The smallest absolute Gasteiger partial charge is 0.306 e. The van der Waals surface area contributed by atoms with Crippen molar-refractivity contribution in [2.24, 2.45) is 0 Å². The number of nitrogens with zero attached hydrogens (tertiary/aromatic N) is 3. The second-order valence-electron chi connectivity index (χ2n) is 4.98. The molecule has 21 heavy (non-hydrogen) atoms. The number of hydrogen-bond acceptors (Lipinski definition) is 6. The van der Waals surface area contributed by atoms with Gasteiger partial charge in [0, 0.05) is 12.6 Å². The summed E-state index contributed by atoms with van der Waals surface area (Å²) in [5.74, 6) is 0. The molecular formula is C13H18N4O3S. The van der Waals surface area contributed by atoms with Crippen LogP contribution < -0.4 is 5.32 Å². The van der Waals surface area contributed by atoms with Gasteiger partial charge >= 0.3 is 5.69 Å². The Kier molecular flexibility index (Phi) is 5.43. The first-order valence-electron chi connectivity index (χ1n) is 6.64. The summed E-state index contributed by atoms with van der Waals surface area (Å²) in [7, 11) is 0. The fourth-order valence-electron chi connectivity index (χ4n) is 2.00. The van der Waals surface area contributed by atoms with Crippen LogP contribution in [-0.2, 0) is 13.0 Å². The number of aliphatic hydroxyl groups is 1. The number of rotatable bonds is 8. The number of thiophene rings is 1. The second kappa shape index (κ2) is 7.30. The molecule has 114 valence electrons. The van der Waals surface area contributed by atoms with Gasteiger partial charge in [-0.05, 0) is 35.7 Å². The summed E-state index contributed by atoms with van der Waals surface area (Å²) in [4.78, 5) is 10.0. The lowest BCUT2D eigenvalue weighted by Crippen LogP contribution is -2.36. The summed E-state index contributed by atoms with van der Waals surface area (Å²) in [6.07, 6.45) is 2.76. The lowest BCUT2D eigenvalue weighted by Gasteiger charge is -2.16. The molecule has 2 aromatic rings. The van der Waals surface area contributed by atoms with E-state index in [9.17, 15) is 15.2 Å². The van der Waals surface area contributed by atoms with Gasteiger partial charge in [-0.15, -0.1) is 0 Å². The van der Waals surface area contributed by atoms with Crippen molar-refractivity contribution in [3.8, 4) is 0 Å². The fraction of sp³-hybridized carbons (Fsp3) is 0.462. The minimum atomic E-state index is -0.644. The molecule has 0 saturated carbocycles. The SMILES string of the molecule is CC(Cc1ccsc1)NCC(O)Cn1cc([N+](=O)[O-])cn1. The van der Waals surface area contributed by atoms with Crippen molar-refractivity contribution in [2.45, 2.75) is 32.0 Å². The van der Waals surface area contributed by atoms with Gasteiger partial charge in [-0.3, -0.25) is 14.8 Å². The van der Waals surface area contributed by atoms with Crippen molar-refractivity contribution < 1.29 is 10.0 Å². The largest absolute Gasteiger partial charge is 0.390 e. The Bertz CT molecular complexity index is 570. The standard InChI is InChI=1S/C13H18N4O3S/c1-10(4-11-2-3-21-9-11)14-6-13(18)8-16-7-12(5-15-16)17(19)20/h2-3,5,7,9-10,13-14,18H,4,6,8H2,1H3.